The minimum absolute atomic E-state index is 0.160. The van der Waals surface area contributed by atoms with Crippen molar-refractivity contribution in [2.24, 2.45) is 0 Å². The second kappa shape index (κ2) is 8.56. The van der Waals surface area contributed by atoms with Crippen molar-refractivity contribution < 1.29 is 19.4 Å². The van der Waals surface area contributed by atoms with Crippen molar-refractivity contribution in [3.63, 3.8) is 0 Å². The minimum atomic E-state index is -0.768. The van der Waals surface area contributed by atoms with Crippen LogP contribution in [0.5, 0.6) is 5.75 Å². The van der Waals surface area contributed by atoms with Gasteiger partial charge in [0.25, 0.3) is 0 Å². The van der Waals surface area contributed by atoms with Gasteiger partial charge in [-0.1, -0.05) is 18.6 Å². The average molecular weight is 319 g/mol. The van der Waals surface area contributed by atoms with Gasteiger partial charge in [0, 0.05) is 19.4 Å². The van der Waals surface area contributed by atoms with E-state index in [4.69, 9.17) is 9.84 Å². The molecule has 1 atom stereocenters. The van der Waals surface area contributed by atoms with Crippen LogP contribution in [-0.4, -0.2) is 35.5 Å². The Morgan fingerprint density at radius 2 is 1.87 bits per heavy atom. The Labute approximate surface area is 137 Å². The number of nitrogens with zero attached hydrogens (tertiary/aromatic N) is 1. The molecule has 126 valence electrons. The molecule has 0 aliphatic carbocycles. The Morgan fingerprint density at radius 1 is 1.17 bits per heavy atom. The van der Waals surface area contributed by atoms with Crippen LogP contribution in [-0.2, 0) is 9.59 Å². The SMILES string of the molecule is COc1ccc(C2CCCN2C(=O)CCCCCC(=O)O)cc1. The van der Waals surface area contributed by atoms with Gasteiger partial charge in [0.05, 0.1) is 13.2 Å². The zero-order valence-electron chi connectivity index (χ0n) is 13.7. The van der Waals surface area contributed by atoms with Crippen molar-refractivity contribution in [2.45, 2.75) is 51.0 Å². The number of carbonyl (C=O) groups excluding carboxylic acids is 1. The number of hydrogen-bond acceptors (Lipinski definition) is 3. The molecule has 1 fully saturated rings. The number of aliphatic carboxylic acids is 1. The molecule has 0 saturated carbocycles. The zero-order valence-corrected chi connectivity index (χ0v) is 13.7. The van der Waals surface area contributed by atoms with Gasteiger partial charge in [0.2, 0.25) is 5.91 Å². The molecule has 1 aromatic carbocycles. The van der Waals surface area contributed by atoms with E-state index < -0.39 is 5.97 Å². The van der Waals surface area contributed by atoms with Gasteiger partial charge in [-0.3, -0.25) is 9.59 Å². The van der Waals surface area contributed by atoms with Crippen molar-refractivity contribution in [2.75, 3.05) is 13.7 Å². The number of carbonyl (C=O) groups is 2. The monoisotopic (exact) mass is 319 g/mol. The number of ether oxygens (including phenoxy) is 1. The molecule has 0 bridgehead atoms. The second-order valence-corrected chi connectivity index (χ2v) is 5.97. The van der Waals surface area contributed by atoms with E-state index in [0.29, 0.717) is 12.8 Å². The fourth-order valence-corrected chi connectivity index (χ4v) is 3.11. The molecule has 1 aliphatic rings. The van der Waals surface area contributed by atoms with Gasteiger partial charge in [-0.2, -0.15) is 0 Å². The number of unbranched alkanes of at least 4 members (excludes halogenated alkanes) is 2. The van der Waals surface area contributed by atoms with E-state index in [0.717, 1.165) is 43.5 Å². The molecule has 1 saturated heterocycles. The lowest BCUT2D eigenvalue weighted by molar-refractivity contribution is -0.137. The third kappa shape index (κ3) is 4.98. The number of carboxylic acid groups (broad SMARTS) is 1. The lowest BCUT2D eigenvalue weighted by atomic mass is 10.0. The number of hydrogen-bond donors (Lipinski definition) is 1. The Hall–Kier alpha value is -2.04. The van der Waals surface area contributed by atoms with Gasteiger partial charge in [0.15, 0.2) is 0 Å². The first-order valence-electron chi connectivity index (χ1n) is 8.27. The van der Waals surface area contributed by atoms with Crippen molar-refractivity contribution >= 4 is 11.9 Å². The van der Waals surface area contributed by atoms with Gasteiger partial charge in [0.1, 0.15) is 5.75 Å². The molecule has 23 heavy (non-hydrogen) atoms. The first kappa shape index (κ1) is 17.3. The Balaban J connectivity index is 1.85. The maximum Gasteiger partial charge on any atom is 0.303 e. The largest absolute Gasteiger partial charge is 0.497 e. The highest BCUT2D eigenvalue weighted by Gasteiger charge is 2.29. The fraction of sp³-hybridized carbons (Fsp3) is 0.556. The summed E-state index contributed by atoms with van der Waals surface area (Å²) in [4.78, 5) is 24.9. The van der Waals surface area contributed by atoms with Crippen molar-refractivity contribution in [3.8, 4) is 5.75 Å². The predicted octanol–water partition coefficient (Wildman–Crippen LogP) is 3.39. The number of methoxy groups -OCH3 is 1. The van der Waals surface area contributed by atoms with Crippen LogP contribution in [0.3, 0.4) is 0 Å². The summed E-state index contributed by atoms with van der Waals surface area (Å²) in [5, 5.41) is 8.61. The lowest BCUT2D eigenvalue weighted by Crippen LogP contribution is -2.30. The van der Waals surface area contributed by atoms with E-state index in [1.807, 2.05) is 29.2 Å². The van der Waals surface area contributed by atoms with Gasteiger partial charge in [-0.15, -0.1) is 0 Å². The molecule has 1 aliphatic heterocycles. The maximum absolute atomic E-state index is 12.4. The average Bonchev–Trinajstić information content (AvgIpc) is 3.04. The number of amides is 1. The van der Waals surface area contributed by atoms with Crippen LogP contribution < -0.4 is 4.74 Å². The summed E-state index contributed by atoms with van der Waals surface area (Å²) in [6.07, 6.45) is 4.92. The third-order valence-corrected chi connectivity index (χ3v) is 4.36. The predicted molar refractivity (Wildman–Crippen MR) is 87.4 cm³/mol. The fourth-order valence-electron chi connectivity index (χ4n) is 3.11. The van der Waals surface area contributed by atoms with Crippen LogP contribution >= 0.6 is 0 Å². The summed E-state index contributed by atoms with van der Waals surface area (Å²) in [6, 6.07) is 8.08. The molecule has 5 heteroatoms. The molecule has 1 amide bonds. The van der Waals surface area contributed by atoms with Crippen LogP contribution in [0.15, 0.2) is 24.3 Å². The molecule has 0 radical (unpaired) electrons. The van der Waals surface area contributed by atoms with Crippen LogP contribution in [0.4, 0.5) is 0 Å². The van der Waals surface area contributed by atoms with E-state index in [9.17, 15) is 9.59 Å². The summed E-state index contributed by atoms with van der Waals surface area (Å²) in [5.41, 5.74) is 1.16. The van der Waals surface area contributed by atoms with E-state index in [-0.39, 0.29) is 18.4 Å². The molecule has 0 aromatic heterocycles. The molecule has 1 unspecified atom stereocenters. The van der Waals surface area contributed by atoms with Crippen LogP contribution in [0.2, 0.25) is 0 Å². The molecule has 2 rings (SSSR count). The van der Waals surface area contributed by atoms with Crippen molar-refractivity contribution in [1.82, 2.24) is 4.90 Å². The molecular formula is C18H25NO4. The summed E-state index contributed by atoms with van der Waals surface area (Å²) in [5.74, 6) is 0.233. The number of likely N-dealkylation sites (tertiary alicyclic amines) is 1. The Kier molecular flexibility index (Phi) is 6.44. The number of benzene rings is 1. The summed E-state index contributed by atoms with van der Waals surface area (Å²) >= 11 is 0. The van der Waals surface area contributed by atoms with E-state index >= 15 is 0 Å². The molecule has 1 N–H and O–H groups in total. The molecule has 5 nitrogen and oxygen atoms in total. The van der Waals surface area contributed by atoms with Crippen molar-refractivity contribution in [1.29, 1.82) is 0 Å². The molecule has 1 aromatic rings. The van der Waals surface area contributed by atoms with Crippen molar-refractivity contribution in [3.05, 3.63) is 29.8 Å². The van der Waals surface area contributed by atoms with Gasteiger partial charge in [-0.05, 0) is 43.4 Å². The van der Waals surface area contributed by atoms with Gasteiger partial charge >= 0.3 is 5.97 Å². The highest BCUT2D eigenvalue weighted by atomic mass is 16.5. The molecule has 0 spiro atoms. The summed E-state index contributed by atoms with van der Waals surface area (Å²) in [7, 11) is 1.64. The third-order valence-electron chi connectivity index (χ3n) is 4.36. The maximum atomic E-state index is 12.4. The quantitative estimate of drug-likeness (QED) is 0.746. The van der Waals surface area contributed by atoms with Crippen LogP contribution in [0.25, 0.3) is 0 Å². The van der Waals surface area contributed by atoms with E-state index in [1.165, 1.54) is 0 Å². The highest BCUT2D eigenvalue weighted by molar-refractivity contribution is 5.77. The number of rotatable bonds is 8. The van der Waals surface area contributed by atoms with E-state index in [2.05, 4.69) is 0 Å². The molecular weight excluding hydrogens is 294 g/mol. The highest BCUT2D eigenvalue weighted by Crippen LogP contribution is 2.33. The second-order valence-electron chi connectivity index (χ2n) is 5.97. The summed E-state index contributed by atoms with van der Waals surface area (Å²) < 4.78 is 5.18. The number of carboxylic acids is 1. The van der Waals surface area contributed by atoms with Gasteiger partial charge in [-0.25, -0.2) is 0 Å². The van der Waals surface area contributed by atoms with Crippen LogP contribution in [0, 0.1) is 0 Å². The van der Waals surface area contributed by atoms with E-state index in [1.54, 1.807) is 7.11 Å². The lowest BCUT2D eigenvalue weighted by Gasteiger charge is -2.25. The first-order chi connectivity index (χ1) is 11.1. The topological polar surface area (TPSA) is 66.8 Å². The zero-order chi connectivity index (χ0) is 16.7. The Bertz CT molecular complexity index is 526. The first-order valence-corrected chi connectivity index (χ1v) is 8.27. The smallest absolute Gasteiger partial charge is 0.303 e. The summed E-state index contributed by atoms with van der Waals surface area (Å²) in [6.45, 7) is 0.810. The van der Waals surface area contributed by atoms with Crippen LogP contribution in [0.1, 0.15) is 56.6 Å². The minimum Gasteiger partial charge on any atom is -0.497 e. The Morgan fingerprint density at radius 3 is 2.52 bits per heavy atom. The normalized spacial score (nSPS) is 17.3. The standard InChI is InChI=1S/C18H25NO4/c1-23-15-11-9-14(10-12-15)16-6-5-13-19(16)17(20)7-3-2-4-8-18(21)22/h9-12,16H,2-8,13H2,1H3,(H,21,22). The van der Waals surface area contributed by atoms with Gasteiger partial charge < -0.3 is 14.7 Å². The molecule has 1 heterocycles.